The summed E-state index contributed by atoms with van der Waals surface area (Å²) in [6.45, 7) is 0. The Kier molecular flexibility index (Phi) is 5.63. The van der Waals surface area contributed by atoms with Gasteiger partial charge in [-0.1, -0.05) is 121 Å². The number of pyridine rings is 1. The van der Waals surface area contributed by atoms with E-state index in [9.17, 15) is 0 Å². The highest BCUT2D eigenvalue weighted by atomic mass is 15.3. The van der Waals surface area contributed by atoms with E-state index in [4.69, 9.17) is 10.1 Å². The minimum absolute atomic E-state index is 0.699. The summed E-state index contributed by atoms with van der Waals surface area (Å²) < 4.78 is 4.35. The first-order chi connectivity index (χ1) is 24.8. The standard InChI is InChI=1S/C46H28N4/c1-3-11-29(12-4-1)33-27-39(30-13-5-2-6-14-30)46-47-45(48-49(46)28-33)32-21-24-34(25-22-32)50-40-20-10-19-38-36-17-8-7-16-35(36)37-18-9-15-31-23-26-41(50)44(42(31)37)43(38)40/h1-28H. The van der Waals surface area contributed by atoms with Crippen LogP contribution < -0.4 is 0 Å². The lowest BCUT2D eigenvalue weighted by molar-refractivity contribution is 0.968. The number of aromatic nitrogens is 4. The monoisotopic (exact) mass is 636 g/mol. The van der Waals surface area contributed by atoms with Crippen LogP contribution in [0.25, 0.3) is 99.8 Å². The van der Waals surface area contributed by atoms with Crippen molar-refractivity contribution < 1.29 is 0 Å². The molecule has 0 unspecified atom stereocenters. The molecule has 3 aromatic heterocycles. The van der Waals surface area contributed by atoms with Gasteiger partial charge in [0, 0.05) is 39.3 Å². The lowest BCUT2D eigenvalue weighted by Gasteiger charge is -2.13. The smallest absolute Gasteiger partial charge is 0.182 e. The molecule has 0 radical (unpaired) electrons. The van der Waals surface area contributed by atoms with E-state index >= 15 is 0 Å². The zero-order valence-electron chi connectivity index (χ0n) is 27.0. The van der Waals surface area contributed by atoms with Crippen LogP contribution in [0, 0.1) is 0 Å². The van der Waals surface area contributed by atoms with Crippen molar-refractivity contribution in [1.29, 1.82) is 0 Å². The van der Waals surface area contributed by atoms with Gasteiger partial charge in [0.1, 0.15) is 0 Å². The third kappa shape index (κ3) is 3.87. The molecule has 0 saturated carbocycles. The third-order valence-electron chi connectivity index (χ3n) is 10.3. The van der Waals surface area contributed by atoms with E-state index in [2.05, 4.69) is 162 Å². The van der Waals surface area contributed by atoms with Gasteiger partial charge in [0.2, 0.25) is 0 Å². The molecule has 232 valence electrons. The Labute approximate surface area is 288 Å². The number of hydrogen-bond acceptors (Lipinski definition) is 2. The molecule has 3 heterocycles. The maximum Gasteiger partial charge on any atom is 0.182 e. The third-order valence-corrected chi connectivity index (χ3v) is 10.3. The molecule has 50 heavy (non-hydrogen) atoms. The molecule has 7 aromatic carbocycles. The van der Waals surface area contributed by atoms with Gasteiger partial charge in [0.05, 0.1) is 11.0 Å². The Morgan fingerprint density at radius 2 is 1.04 bits per heavy atom. The molecule has 0 amide bonds. The van der Waals surface area contributed by atoms with E-state index in [1.807, 2.05) is 16.6 Å². The molecule has 0 fully saturated rings. The van der Waals surface area contributed by atoms with Crippen LogP contribution in [0.15, 0.2) is 170 Å². The molecule has 0 saturated heterocycles. The number of benzene rings is 7. The zero-order chi connectivity index (χ0) is 32.8. The number of nitrogens with zero attached hydrogens (tertiary/aromatic N) is 4. The average Bonchev–Trinajstić information content (AvgIpc) is 3.74. The summed E-state index contributed by atoms with van der Waals surface area (Å²) >= 11 is 0. The van der Waals surface area contributed by atoms with E-state index in [0.717, 1.165) is 39.2 Å². The van der Waals surface area contributed by atoms with Crippen LogP contribution in [0.2, 0.25) is 0 Å². The predicted molar refractivity (Wildman–Crippen MR) is 206 cm³/mol. The van der Waals surface area contributed by atoms with Crippen molar-refractivity contribution in [3.05, 3.63) is 170 Å². The first-order valence-electron chi connectivity index (χ1n) is 17.0. The summed E-state index contributed by atoms with van der Waals surface area (Å²) in [5, 5.41) is 10.2. The topological polar surface area (TPSA) is 35.1 Å². The number of hydrogen-bond donors (Lipinski definition) is 0. The first kappa shape index (κ1) is 27.2. The van der Waals surface area contributed by atoms with Crippen LogP contribution in [0.5, 0.6) is 0 Å². The number of rotatable bonds is 4. The fourth-order valence-electron chi connectivity index (χ4n) is 8.09. The summed E-state index contributed by atoms with van der Waals surface area (Å²) in [7, 11) is 0. The van der Waals surface area contributed by atoms with Gasteiger partial charge >= 0.3 is 0 Å². The Morgan fingerprint density at radius 3 is 1.80 bits per heavy atom. The van der Waals surface area contributed by atoms with Crippen LogP contribution >= 0.6 is 0 Å². The largest absolute Gasteiger partial charge is 0.309 e. The predicted octanol–water partition coefficient (Wildman–Crippen LogP) is 11.6. The van der Waals surface area contributed by atoms with Crippen molar-refractivity contribution in [2.24, 2.45) is 0 Å². The Balaban J connectivity index is 1.09. The lowest BCUT2D eigenvalue weighted by Crippen LogP contribution is -1.95. The first-order valence-corrected chi connectivity index (χ1v) is 17.0. The highest BCUT2D eigenvalue weighted by molar-refractivity contribution is 6.30. The van der Waals surface area contributed by atoms with Crippen molar-refractivity contribution in [3.8, 4) is 61.6 Å². The van der Waals surface area contributed by atoms with Gasteiger partial charge in [0.15, 0.2) is 11.5 Å². The molecule has 0 N–H and O–H groups in total. The van der Waals surface area contributed by atoms with Gasteiger partial charge in [-0.3, -0.25) is 0 Å². The minimum atomic E-state index is 0.699. The van der Waals surface area contributed by atoms with Crippen molar-refractivity contribution in [2.45, 2.75) is 0 Å². The van der Waals surface area contributed by atoms with Crippen LogP contribution in [0.1, 0.15) is 0 Å². The molecule has 0 bridgehead atoms. The minimum Gasteiger partial charge on any atom is -0.309 e. The molecule has 1 aliphatic rings. The summed E-state index contributed by atoms with van der Waals surface area (Å²) in [4.78, 5) is 5.12. The van der Waals surface area contributed by atoms with Gasteiger partial charge in [-0.2, -0.15) is 0 Å². The Morgan fingerprint density at radius 1 is 0.400 bits per heavy atom. The van der Waals surface area contributed by atoms with E-state index in [1.54, 1.807) is 0 Å². The lowest BCUT2D eigenvalue weighted by atomic mass is 9.93. The van der Waals surface area contributed by atoms with Crippen molar-refractivity contribution in [1.82, 2.24) is 19.2 Å². The van der Waals surface area contributed by atoms with Crippen LogP contribution in [-0.4, -0.2) is 19.2 Å². The van der Waals surface area contributed by atoms with Gasteiger partial charge in [-0.25, -0.2) is 9.50 Å². The van der Waals surface area contributed by atoms with Gasteiger partial charge in [-0.05, 0) is 86.6 Å². The summed E-state index contributed by atoms with van der Waals surface area (Å²) in [5.74, 6) is 0.699. The normalized spacial score (nSPS) is 12.0. The van der Waals surface area contributed by atoms with E-state index in [0.29, 0.717) is 5.82 Å². The van der Waals surface area contributed by atoms with E-state index < -0.39 is 0 Å². The van der Waals surface area contributed by atoms with Crippen LogP contribution in [-0.2, 0) is 0 Å². The molecule has 1 aliphatic carbocycles. The molecule has 10 aromatic rings. The fourth-order valence-corrected chi connectivity index (χ4v) is 8.09. The van der Waals surface area contributed by atoms with Gasteiger partial charge < -0.3 is 4.57 Å². The second-order valence-electron chi connectivity index (χ2n) is 13.1. The van der Waals surface area contributed by atoms with Crippen molar-refractivity contribution in [2.75, 3.05) is 0 Å². The Hall–Kier alpha value is -6.78. The second-order valence-corrected chi connectivity index (χ2v) is 13.1. The zero-order valence-corrected chi connectivity index (χ0v) is 27.0. The summed E-state index contributed by atoms with van der Waals surface area (Å²) in [6.07, 6.45) is 2.08. The Bertz CT molecular complexity index is 2950. The average molecular weight is 637 g/mol. The molecule has 4 heteroatoms. The van der Waals surface area contributed by atoms with Crippen LogP contribution in [0.3, 0.4) is 0 Å². The fraction of sp³-hybridized carbons (Fsp3) is 0. The van der Waals surface area contributed by atoms with Crippen molar-refractivity contribution in [3.63, 3.8) is 0 Å². The molecule has 11 rings (SSSR count). The molecule has 4 nitrogen and oxygen atoms in total. The molecular formula is C46H28N4. The van der Waals surface area contributed by atoms with E-state index in [1.165, 1.54) is 54.8 Å². The van der Waals surface area contributed by atoms with Gasteiger partial charge in [0.25, 0.3) is 0 Å². The maximum atomic E-state index is 5.12. The summed E-state index contributed by atoms with van der Waals surface area (Å²) in [5.41, 5.74) is 14.9. The molecule has 0 atom stereocenters. The van der Waals surface area contributed by atoms with Gasteiger partial charge in [-0.15, -0.1) is 5.10 Å². The number of fused-ring (bicyclic) bond motifs is 4. The second kappa shape index (κ2) is 10.4. The van der Waals surface area contributed by atoms with Crippen molar-refractivity contribution >= 4 is 38.2 Å². The maximum absolute atomic E-state index is 5.12. The SMILES string of the molecule is c1ccc(-c2cc(-c3ccccc3)c3nc(-c4ccc(-n5c6cccc7c6c6c8c(cccc8ccc65)-c5ccccc5-7)cc4)nn3c2)cc1. The quantitative estimate of drug-likeness (QED) is 0.193. The summed E-state index contributed by atoms with van der Waals surface area (Å²) in [6, 6.07) is 58.7. The van der Waals surface area contributed by atoms with Crippen LogP contribution in [0.4, 0.5) is 0 Å². The highest BCUT2D eigenvalue weighted by Crippen LogP contribution is 2.49. The highest BCUT2D eigenvalue weighted by Gasteiger charge is 2.24. The molecule has 0 aliphatic heterocycles. The molecular weight excluding hydrogens is 609 g/mol. The molecule has 0 spiro atoms. The van der Waals surface area contributed by atoms with E-state index in [-0.39, 0.29) is 0 Å².